The van der Waals surface area contributed by atoms with Crippen LogP contribution in [0.25, 0.3) is 0 Å². The molecule has 0 bridgehead atoms. The van der Waals surface area contributed by atoms with Crippen LogP contribution in [0.4, 0.5) is 0 Å². The van der Waals surface area contributed by atoms with Crippen molar-refractivity contribution in [1.29, 1.82) is 0 Å². The van der Waals surface area contributed by atoms with Crippen molar-refractivity contribution in [3.63, 3.8) is 0 Å². The van der Waals surface area contributed by atoms with Crippen molar-refractivity contribution >= 4 is 11.6 Å². The molecule has 1 aromatic rings. The van der Waals surface area contributed by atoms with Gasteiger partial charge in [-0.2, -0.15) is 0 Å². The second kappa shape index (κ2) is 6.87. The fourth-order valence-electron chi connectivity index (χ4n) is 2.18. The molecule has 94 valence electrons. The van der Waals surface area contributed by atoms with E-state index in [9.17, 15) is 0 Å². The van der Waals surface area contributed by atoms with E-state index in [4.69, 9.17) is 16.3 Å². The lowest BCUT2D eigenvalue weighted by Crippen LogP contribution is -2.26. The van der Waals surface area contributed by atoms with E-state index in [0.29, 0.717) is 0 Å². The van der Waals surface area contributed by atoms with Crippen molar-refractivity contribution in [1.82, 2.24) is 4.90 Å². The molecule has 0 radical (unpaired) electrons. The summed E-state index contributed by atoms with van der Waals surface area (Å²) in [4.78, 5) is 2.47. The number of halogens is 1. The molecule has 1 aliphatic rings. The highest BCUT2D eigenvalue weighted by atomic mass is 35.5. The van der Waals surface area contributed by atoms with Gasteiger partial charge >= 0.3 is 0 Å². The zero-order chi connectivity index (χ0) is 11.9. The first kappa shape index (κ1) is 12.7. The smallest absolute Gasteiger partial charge is 0.123 e. The third-order valence-corrected chi connectivity index (χ3v) is 3.41. The minimum atomic E-state index is 0.784. The number of ether oxygens (including phenoxy) is 1. The Balaban J connectivity index is 1.85. The lowest BCUT2D eigenvalue weighted by atomic mass is 10.2. The predicted octanol–water partition coefficient (Wildman–Crippen LogP) is 3.29. The summed E-state index contributed by atoms with van der Waals surface area (Å²) in [7, 11) is 0. The average Bonchev–Trinajstić information content (AvgIpc) is 2.56. The summed E-state index contributed by atoms with van der Waals surface area (Å²) in [5, 5.41) is 0. The van der Waals surface area contributed by atoms with Crippen molar-refractivity contribution in [3.05, 3.63) is 29.8 Å². The lowest BCUT2D eigenvalue weighted by Gasteiger charge is -2.18. The molecule has 2 rings (SSSR count). The summed E-state index contributed by atoms with van der Waals surface area (Å²) in [6.07, 6.45) is 3.58. The van der Waals surface area contributed by atoms with Gasteiger partial charge in [0.15, 0.2) is 0 Å². The Labute approximate surface area is 109 Å². The number of hydrogen-bond donors (Lipinski definition) is 0. The van der Waals surface area contributed by atoms with Crippen LogP contribution >= 0.6 is 11.6 Å². The standard InChI is InChI=1S/C14H20ClNO/c15-8-4-1-5-9-16-10-11-17-14-7-3-2-6-13(14)12-16/h2-3,6-7H,1,4-5,8-12H2. The van der Waals surface area contributed by atoms with Crippen molar-refractivity contribution in [2.24, 2.45) is 0 Å². The predicted molar refractivity (Wildman–Crippen MR) is 71.8 cm³/mol. The van der Waals surface area contributed by atoms with Gasteiger partial charge in [-0.05, 0) is 25.5 Å². The van der Waals surface area contributed by atoms with Crippen LogP contribution in [0.1, 0.15) is 24.8 Å². The van der Waals surface area contributed by atoms with Gasteiger partial charge in [-0.1, -0.05) is 24.6 Å². The number of benzene rings is 1. The van der Waals surface area contributed by atoms with Gasteiger partial charge in [-0.3, -0.25) is 4.90 Å². The normalized spacial score (nSPS) is 16.1. The quantitative estimate of drug-likeness (QED) is 0.590. The number of hydrogen-bond acceptors (Lipinski definition) is 2. The highest BCUT2D eigenvalue weighted by Gasteiger charge is 2.13. The maximum atomic E-state index is 5.74. The minimum Gasteiger partial charge on any atom is -0.492 e. The summed E-state index contributed by atoms with van der Waals surface area (Å²) in [6, 6.07) is 8.34. The Kier molecular flexibility index (Phi) is 5.14. The molecule has 3 heteroatoms. The Morgan fingerprint density at radius 3 is 2.94 bits per heavy atom. The first-order valence-corrected chi connectivity index (χ1v) is 6.92. The Bertz CT molecular complexity index is 343. The SMILES string of the molecule is ClCCCCCN1CCOc2ccccc2C1. The van der Waals surface area contributed by atoms with Crippen LogP contribution in [-0.4, -0.2) is 30.5 Å². The van der Waals surface area contributed by atoms with E-state index in [2.05, 4.69) is 23.1 Å². The third-order valence-electron chi connectivity index (χ3n) is 3.14. The number of nitrogens with zero attached hydrogens (tertiary/aromatic N) is 1. The van der Waals surface area contributed by atoms with E-state index in [1.54, 1.807) is 0 Å². The van der Waals surface area contributed by atoms with Crippen molar-refractivity contribution in [3.8, 4) is 5.75 Å². The fraction of sp³-hybridized carbons (Fsp3) is 0.571. The van der Waals surface area contributed by atoms with E-state index in [-0.39, 0.29) is 0 Å². The molecule has 0 saturated carbocycles. The highest BCUT2D eigenvalue weighted by Crippen LogP contribution is 2.22. The van der Waals surface area contributed by atoms with Crippen molar-refractivity contribution < 1.29 is 4.74 Å². The van der Waals surface area contributed by atoms with Gasteiger partial charge in [-0.15, -0.1) is 11.6 Å². The van der Waals surface area contributed by atoms with E-state index in [0.717, 1.165) is 44.3 Å². The molecule has 0 atom stereocenters. The summed E-state index contributed by atoms with van der Waals surface area (Å²) in [6.45, 7) is 3.98. The molecule has 0 N–H and O–H groups in total. The monoisotopic (exact) mass is 253 g/mol. The number of unbranched alkanes of at least 4 members (excludes halogenated alkanes) is 2. The van der Waals surface area contributed by atoms with Gasteiger partial charge in [0.05, 0.1) is 0 Å². The molecule has 0 aromatic heterocycles. The first-order chi connectivity index (χ1) is 8.40. The summed E-state index contributed by atoms with van der Waals surface area (Å²) < 4.78 is 5.74. The van der Waals surface area contributed by atoms with Crippen LogP contribution in [0.3, 0.4) is 0 Å². The van der Waals surface area contributed by atoms with Gasteiger partial charge in [0.1, 0.15) is 12.4 Å². The zero-order valence-electron chi connectivity index (χ0n) is 10.2. The molecule has 17 heavy (non-hydrogen) atoms. The van der Waals surface area contributed by atoms with Gasteiger partial charge < -0.3 is 4.74 Å². The molecule has 2 nitrogen and oxygen atoms in total. The first-order valence-electron chi connectivity index (χ1n) is 6.39. The number of alkyl halides is 1. The Morgan fingerprint density at radius 1 is 1.18 bits per heavy atom. The molecule has 1 aromatic carbocycles. The van der Waals surface area contributed by atoms with Gasteiger partial charge in [0, 0.05) is 24.5 Å². The van der Waals surface area contributed by atoms with E-state index < -0.39 is 0 Å². The van der Waals surface area contributed by atoms with Crippen molar-refractivity contribution in [2.75, 3.05) is 25.6 Å². The minimum absolute atomic E-state index is 0.784. The second-order valence-corrected chi connectivity index (χ2v) is 4.86. The van der Waals surface area contributed by atoms with Crippen LogP contribution in [0, 0.1) is 0 Å². The van der Waals surface area contributed by atoms with E-state index in [1.165, 1.54) is 18.4 Å². The summed E-state index contributed by atoms with van der Waals surface area (Å²) in [5.74, 6) is 1.84. The van der Waals surface area contributed by atoms with Crippen LogP contribution in [0.5, 0.6) is 5.75 Å². The topological polar surface area (TPSA) is 12.5 Å². The number of rotatable bonds is 5. The molecular formula is C14H20ClNO. The fourth-order valence-corrected chi connectivity index (χ4v) is 2.37. The molecule has 0 saturated heterocycles. The zero-order valence-corrected chi connectivity index (χ0v) is 11.0. The number of para-hydroxylation sites is 1. The van der Waals surface area contributed by atoms with Crippen LogP contribution in [0.2, 0.25) is 0 Å². The van der Waals surface area contributed by atoms with Gasteiger partial charge in [-0.25, -0.2) is 0 Å². The lowest BCUT2D eigenvalue weighted by molar-refractivity contribution is 0.222. The molecule has 1 heterocycles. The van der Waals surface area contributed by atoms with Gasteiger partial charge in [0.25, 0.3) is 0 Å². The molecule has 0 spiro atoms. The van der Waals surface area contributed by atoms with Crippen LogP contribution in [0.15, 0.2) is 24.3 Å². The molecule has 1 aliphatic heterocycles. The van der Waals surface area contributed by atoms with Crippen LogP contribution in [-0.2, 0) is 6.54 Å². The Hall–Kier alpha value is -0.730. The largest absolute Gasteiger partial charge is 0.492 e. The molecule has 0 unspecified atom stereocenters. The molecular weight excluding hydrogens is 234 g/mol. The third kappa shape index (κ3) is 3.90. The number of fused-ring (bicyclic) bond motifs is 1. The average molecular weight is 254 g/mol. The maximum absolute atomic E-state index is 5.74. The summed E-state index contributed by atoms with van der Waals surface area (Å²) >= 11 is 5.68. The van der Waals surface area contributed by atoms with Crippen LogP contribution < -0.4 is 4.74 Å². The highest BCUT2D eigenvalue weighted by molar-refractivity contribution is 6.17. The van der Waals surface area contributed by atoms with E-state index in [1.807, 2.05) is 6.07 Å². The molecule has 0 amide bonds. The molecule has 0 aliphatic carbocycles. The second-order valence-electron chi connectivity index (χ2n) is 4.48. The van der Waals surface area contributed by atoms with Crippen molar-refractivity contribution in [2.45, 2.75) is 25.8 Å². The van der Waals surface area contributed by atoms with E-state index >= 15 is 0 Å². The maximum Gasteiger partial charge on any atom is 0.123 e. The molecule has 0 fully saturated rings. The summed E-state index contributed by atoms with van der Waals surface area (Å²) in [5.41, 5.74) is 1.31. The van der Waals surface area contributed by atoms with Gasteiger partial charge in [0.2, 0.25) is 0 Å². The Morgan fingerprint density at radius 2 is 2.06 bits per heavy atom.